The minimum absolute atomic E-state index is 0.0245. The van der Waals surface area contributed by atoms with E-state index in [2.05, 4.69) is 15.4 Å². The van der Waals surface area contributed by atoms with E-state index in [4.69, 9.17) is 9.47 Å². The number of esters is 1. The molecule has 0 saturated carbocycles. The van der Waals surface area contributed by atoms with Crippen molar-refractivity contribution in [3.63, 3.8) is 0 Å². The van der Waals surface area contributed by atoms with Crippen molar-refractivity contribution in [2.75, 3.05) is 5.75 Å². The predicted octanol–water partition coefficient (Wildman–Crippen LogP) is 4.75. The summed E-state index contributed by atoms with van der Waals surface area (Å²) in [4.78, 5) is 45.6. The molecule has 4 heterocycles. The van der Waals surface area contributed by atoms with Crippen LogP contribution in [0.5, 0.6) is 0 Å². The molecular formula is C33H31N5O6S2. The summed E-state index contributed by atoms with van der Waals surface area (Å²) in [7, 11) is 0. The Kier molecular flexibility index (Phi) is 8.89. The van der Waals surface area contributed by atoms with Gasteiger partial charge in [0.25, 0.3) is 5.91 Å². The van der Waals surface area contributed by atoms with Crippen LogP contribution in [0.4, 0.5) is 4.79 Å². The highest BCUT2D eigenvalue weighted by Gasteiger charge is 2.61. The van der Waals surface area contributed by atoms with Crippen molar-refractivity contribution in [1.82, 2.24) is 24.8 Å². The molecule has 1 fully saturated rings. The fraction of sp³-hybridized carbons (Fsp3) is 0.242. The molecule has 1 N–H and O–H groups in total. The summed E-state index contributed by atoms with van der Waals surface area (Å²) in [6.07, 6.45) is 3.45. The number of allylic oxidation sites excluding steroid dienone is 1. The molecule has 0 radical (unpaired) electrons. The SMILES string of the molecule is CC(C)(C)OC(=O)N[C@@H]1C(=O)N2C(C(=O)OC(c3ccccc3)c3ccccc3)=C(/C=C\Sc3ccc4nccn4n3)C[S+]([O-])[C@@H]12. The molecule has 4 aromatic rings. The van der Waals surface area contributed by atoms with Gasteiger partial charge in [0.2, 0.25) is 5.37 Å². The normalized spacial score (nSPS) is 19.7. The topological polar surface area (TPSA) is 138 Å². The minimum Gasteiger partial charge on any atom is -0.614 e. The van der Waals surface area contributed by atoms with Crippen LogP contribution in [0.15, 0.2) is 113 Å². The highest BCUT2D eigenvalue weighted by Crippen LogP contribution is 2.39. The molecular weight excluding hydrogens is 627 g/mol. The maximum atomic E-state index is 14.1. The van der Waals surface area contributed by atoms with Gasteiger partial charge in [0.05, 0.1) is 0 Å². The Balaban J connectivity index is 1.32. The van der Waals surface area contributed by atoms with Gasteiger partial charge in [-0.05, 0) is 66.7 Å². The van der Waals surface area contributed by atoms with Crippen LogP contribution in [0.1, 0.15) is 38.0 Å². The largest absolute Gasteiger partial charge is 0.614 e. The monoisotopic (exact) mass is 657 g/mol. The van der Waals surface area contributed by atoms with E-state index >= 15 is 0 Å². The van der Waals surface area contributed by atoms with E-state index < -0.39 is 52.3 Å². The van der Waals surface area contributed by atoms with Crippen LogP contribution in [0.2, 0.25) is 0 Å². The Morgan fingerprint density at radius 3 is 2.39 bits per heavy atom. The standard InChI is InChI=1S/C33H31N5O6S2/c1-33(2,3)44-32(41)35-26-29(39)38-27(31(40)43-28(21-10-6-4-7-11-21)22-12-8-5-9-13-22)23(20-46(42)30(26)38)16-19-45-25-15-14-24-34-17-18-37(24)36-25/h4-19,26,28,30H,20H2,1-3H3,(H,35,41)/b19-16-/t26-,30+,46?/m1/s1. The number of aromatic nitrogens is 3. The summed E-state index contributed by atoms with van der Waals surface area (Å²) in [5, 5.41) is 8.44. The third-order valence-corrected chi connectivity index (χ3v) is 9.49. The van der Waals surface area contributed by atoms with Crippen LogP contribution >= 0.6 is 11.8 Å². The summed E-state index contributed by atoms with van der Waals surface area (Å²) in [6.45, 7) is 5.10. The lowest BCUT2D eigenvalue weighted by atomic mass is 10.0. The van der Waals surface area contributed by atoms with Crippen molar-refractivity contribution >= 4 is 46.6 Å². The maximum absolute atomic E-state index is 14.1. The number of ether oxygens (including phenoxy) is 2. The van der Waals surface area contributed by atoms with Gasteiger partial charge in [0.1, 0.15) is 22.1 Å². The Morgan fingerprint density at radius 1 is 1.07 bits per heavy atom. The van der Waals surface area contributed by atoms with Gasteiger partial charge >= 0.3 is 12.1 Å². The molecule has 2 aliphatic heterocycles. The Labute approximate surface area is 272 Å². The molecule has 2 aliphatic rings. The maximum Gasteiger partial charge on any atom is 0.408 e. The van der Waals surface area contributed by atoms with Gasteiger partial charge in [-0.1, -0.05) is 72.4 Å². The van der Waals surface area contributed by atoms with E-state index in [1.54, 1.807) is 49.2 Å². The molecule has 0 aliphatic carbocycles. The lowest BCUT2D eigenvalue weighted by molar-refractivity contribution is -0.154. The van der Waals surface area contributed by atoms with E-state index in [0.717, 1.165) is 11.1 Å². The number of carbonyl (C=O) groups is 3. The number of alkyl carbamates (subject to hydrolysis) is 1. The van der Waals surface area contributed by atoms with Gasteiger partial charge in [-0.2, -0.15) is 5.10 Å². The third-order valence-electron chi connectivity index (χ3n) is 7.14. The van der Waals surface area contributed by atoms with Gasteiger partial charge in [-0.25, -0.2) is 19.1 Å². The number of fused-ring (bicyclic) bond motifs is 2. The van der Waals surface area contributed by atoms with Crippen molar-refractivity contribution in [1.29, 1.82) is 0 Å². The smallest absolute Gasteiger partial charge is 0.408 e. The number of hydrogen-bond acceptors (Lipinski definition) is 9. The fourth-order valence-electron chi connectivity index (χ4n) is 5.15. The second-order valence-corrected chi connectivity index (χ2v) is 14.0. The first kappa shape index (κ1) is 31.4. The summed E-state index contributed by atoms with van der Waals surface area (Å²) in [6, 6.07) is 21.1. The summed E-state index contributed by atoms with van der Waals surface area (Å²) >= 11 is -0.364. The summed E-state index contributed by atoms with van der Waals surface area (Å²) in [5.74, 6) is -1.39. The number of rotatable bonds is 8. The van der Waals surface area contributed by atoms with Crippen molar-refractivity contribution < 1.29 is 28.4 Å². The second kappa shape index (κ2) is 13.0. The molecule has 0 bridgehead atoms. The number of imidazole rings is 1. The lowest BCUT2D eigenvalue weighted by Gasteiger charge is -2.49. The van der Waals surface area contributed by atoms with E-state index in [0.29, 0.717) is 16.2 Å². The van der Waals surface area contributed by atoms with Crippen molar-refractivity contribution in [2.45, 2.75) is 48.9 Å². The van der Waals surface area contributed by atoms with Crippen molar-refractivity contribution in [3.8, 4) is 0 Å². The molecule has 3 atom stereocenters. The van der Waals surface area contributed by atoms with Gasteiger partial charge in [0.15, 0.2) is 17.8 Å². The number of hydrogen-bond donors (Lipinski definition) is 1. The van der Waals surface area contributed by atoms with Crippen LogP contribution < -0.4 is 5.32 Å². The molecule has 236 valence electrons. The molecule has 11 nitrogen and oxygen atoms in total. The highest BCUT2D eigenvalue weighted by atomic mass is 32.2. The predicted molar refractivity (Wildman–Crippen MR) is 173 cm³/mol. The molecule has 13 heteroatoms. The molecule has 2 aromatic heterocycles. The number of benzene rings is 2. The van der Waals surface area contributed by atoms with E-state index in [9.17, 15) is 18.9 Å². The zero-order valence-corrected chi connectivity index (χ0v) is 26.9. The Hall–Kier alpha value is -4.59. The zero-order valence-electron chi connectivity index (χ0n) is 25.2. The van der Waals surface area contributed by atoms with Crippen LogP contribution in [0.25, 0.3) is 5.65 Å². The number of nitrogens with zero attached hydrogens (tertiary/aromatic N) is 4. The van der Waals surface area contributed by atoms with E-state index in [1.165, 1.54) is 16.7 Å². The molecule has 0 spiro atoms. The van der Waals surface area contributed by atoms with Gasteiger partial charge in [-0.3, -0.25) is 9.69 Å². The lowest BCUT2D eigenvalue weighted by Crippen LogP contribution is -2.74. The molecule has 6 rings (SSSR count). The highest BCUT2D eigenvalue weighted by molar-refractivity contribution is 8.02. The first-order valence-electron chi connectivity index (χ1n) is 14.5. The minimum atomic E-state index is -1.65. The average molecular weight is 658 g/mol. The van der Waals surface area contributed by atoms with Crippen LogP contribution in [-0.2, 0) is 30.2 Å². The second-order valence-electron chi connectivity index (χ2n) is 11.6. The molecule has 46 heavy (non-hydrogen) atoms. The number of amides is 2. The summed E-state index contributed by atoms with van der Waals surface area (Å²) in [5.41, 5.74) is 1.72. The van der Waals surface area contributed by atoms with Crippen molar-refractivity contribution in [3.05, 3.63) is 119 Å². The first-order chi connectivity index (χ1) is 22.1. The molecule has 2 amide bonds. The third kappa shape index (κ3) is 6.66. The Bertz CT molecular complexity index is 1780. The number of β-lactam (4-membered cyclic amide) rings is 1. The fourth-order valence-corrected chi connectivity index (χ4v) is 7.45. The van der Waals surface area contributed by atoms with E-state index in [1.807, 2.05) is 72.8 Å². The first-order valence-corrected chi connectivity index (χ1v) is 16.7. The van der Waals surface area contributed by atoms with Gasteiger partial charge in [0, 0.05) is 18.0 Å². The van der Waals surface area contributed by atoms with Gasteiger partial charge < -0.3 is 19.3 Å². The molecule has 1 saturated heterocycles. The van der Waals surface area contributed by atoms with Gasteiger partial charge in [-0.15, -0.1) is 0 Å². The van der Waals surface area contributed by atoms with Crippen LogP contribution in [-0.4, -0.2) is 64.8 Å². The molecule has 2 aromatic carbocycles. The quantitative estimate of drug-likeness (QED) is 0.123. The summed E-state index contributed by atoms with van der Waals surface area (Å²) < 4.78 is 26.7. The Morgan fingerprint density at radius 2 is 1.74 bits per heavy atom. The van der Waals surface area contributed by atoms with E-state index in [-0.39, 0.29) is 11.4 Å². The zero-order chi connectivity index (χ0) is 32.4. The number of carbonyl (C=O) groups excluding carboxylic acids is 3. The van der Waals surface area contributed by atoms with Crippen LogP contribution in [0, 0.1) is 0 Å². The van der Waals surface area contributed by atoms with Crippen molar-refractivity contribution in [2.24, 2.45) is 0 Å². The number of nitrogens with one attached hydrogen (secondary N) is 1. The molecule has 1 unspecified atom stereocenters. The van der Waals surface area contributed by atoms with Crippen LogP contribution in [0.3, 0.4) is 0 Å². The average Bonchev–Trinajstić information content (AvgIpc) is 3.50. The number of thioether (sulfide) groups is 1.